The number of urea groups is 1. The predicted octanol–water partition coefficient (Wildman–Crippen LogP) is 0.544. The molecule has 0 aliphatic carbocycles. The summed E-state index contributed by atoms with van der Waals surface area (Å²) < 4.78 is 9.99. The third-order valence-electron chi connectivity index (χ3n) is 2.56. The molecule has 0 saturated heterocycles. The molecule has 112 valence electrons. The molecule has 2 amide bonds. The Balaban J connectivity index is 4.11. The van der Waals surface area contributed by atoms with E-state index < -0.39 is 18.0 Å². The second-order valence-electron chi connectivity index (χ2n) is 4.09. The van der Waals surface area contributed by atoms with Gasteiger partial charge in [0.15, 0.2) is 0 Å². The van der Waals surface area contributed by atoms with Crippen molar-refractivity contribution in [2.24, 2.45) is 0 Å². The smallest absolute Gasteiger partial charge is 0.326 e. The number of hydrogen-bond donors (Lipinski definition) is 2. The number of ether oxygens (including phenoxy) is 2. The number of nitrogens with zero attached hydrogens (tertiary/aromatic N) is 1. The van der Waals surface area contributed by atoms with Crippen molar-refractivity contribution in [1.29, 1.82) is 0 Å². The lowest BCUT2D eigenvalue weighted by Gasteiger charge is -2.21. The van der Waals surface area contributed by atoms with Gasteiger partial charge in [-0.3, -0.25) is 0 Å². The van der Waals surface area contributed by atoms with E-state index in [9.17, 15) is 9.59 Å². The molecule has 1 unspecified atom stereocenters. The Labute approximate surface area is 113 Å². The quantitative estimate of drug-likeness (QED) is 0.569. The molecule has 0 aliphatic rings. The van der Waals surface area contributed by atoms with Crippen LogP contribution >= 0.6 is 0 Å². The Morgan fingerprint density at radius 3 is 2.58 bits per heavy atom. The van der Waals surface area contributed by atoms with Gasteiger partial charge in [-0.15, -0.1) is 0 Å². The predicted molar refractivity (Wildman–Crippen MR) is 70.2 cm³/mol. The molecule has 1 atom stereocenters. The highest BCUT2D eigenvalue weighted by Crippen LogP contribution is 1.99. The highest BCUT2D eigenvalue weighted by Gasteiger charge is 2.21. The number of hydrogen-bond acceptors (Lipinski definition) is 4. The van der Waals surface area contributed by atoms with E-state index in [0.29, 0.717) is 39.2 Å². The van der Waals surface area contributed by atoms with Gasteiger partial charge in [0.1, 0.15) is 6.04 Å². The SMILES string of the molecule is CCOCCN(C)C(=O)NC(CCCOC)C(=O)O. The summed E-state index contributed by atoms with van der Waals surface area (Å²) in [5.41, 5.74) is 0. The van der Waals surface area contributed by atoms with Gasteiger partial charge in [-0.25, -0.2) is 9.59 Å². The first-order chi connectivity index (χ1) is 9.02. The molecule has 0 aliphatic heterocycles. The summed E-state index contributed by atoms with van der Waals surface area (Å²) in [5, 5.41) is 11.5. The number of carboxylic acids is 1. The maximum atomic E-state index is 11.7. The van der Waals surface area contributed by atoms with Crippen molar-refractivity contribution in [3.8, 4) is 0 Å². The van der Waals surface area contributed by atoms with Crippen molar-refractivity contribution in [2.75, 3.05) is 40.5 Å². The van der Waals surface area contributed by atoms with Gasteiger partial charge in [0, 0.05) is 33.9 Å². The number of carbonyl (C=O) groups is 2. The maximum Gasteiger partial charge on any atom is 0.326 e. The number of likely N-dealkylation sites (N-methyl/N-ethyl adjacent to an activating group) is 1. The van der Waals surface area contributed by atoms with E-state index in [1.54, 1.807) is 14.2 Å². The lowest BCUT2D eigenvalue weighted by molar-refractivity contribution is -0.139. The van der Waals surface area contributed by atoms with Crippen molar-refractivity contribution in [2.45, 2.75) is 25.8 Å². The normalized spacial score (nSPS) is 11.9. The van der Waals surface area contributed by atoms with E-state index in [4.69, 9.17) is 14.6 Å². The van der Waals surface area contributed by atoms with E-state index in [-0.39, 0.29) is 0 Å². The molecule has 19 heavy (non-hydrogen) atoms. The van der Waals surface area contributed by atoms with E-state index >= 15 is 0 Å². The number of aliphatic carboxylic acids is 1. The van der Waals surface area contributed by atoms with Crippen LogP contribution in [0, 0.1) is 0 Å². The average molecular weight is 276 g/mol. The lowest BCUT2D eigenvalue weighted by atomic mass is 10.1. The van der Waals surface area contributed by atoms with Gasteiger partial charge in [0.25, 0.3) is 0 Å². The van der Waals surface area contributed by atoms with Crippen LogP contribution in [0.4, 0.5) is 4.79 Å². The zero-order valence-corrected chi connectivity index (χ0v) is 11.8. The Morgan fingerprint density at radius 1 is 1.37 bits per heavy atom. The third kappa shape index (κ3) is 8.39. The zero-order valence-electron chi connectivity index (χ0n) is 11.8. The fourth-order valence-electron chi connectivity index (χ4n) is 1.40. The first kappa shape index (κ1) is 17.7. The fraction of sp³-hybridized carbons (Fsp3) is 0.833. The molecular formula is C12H24N2O5. The molecule has 7 heteroatoms. The number of rotatable bonds is 10. The minimum absolute atomic E-state index is 0.341. The highest BCUT2D eigenvalue weighted by molar-refractivity contribution is 5.82. The van der Waals surface area contributed by atoms with Crippen molar-refractivity contribution in [3.05, 3.63) is 0 Å². The van der Waals surface area contributed by atoms with E-state index in [2.05, 4.69) is 5.32 Å². The van der Waals surface area contributed by atoms with E-state index in [1.165, 1.54) is 4.90 Å². The second kappa shape index (κ2) is 10.6. The molecule has 0 aromatic heterocycles. The first-order valence-corrected chi connectivity index (χ1v) is 6.34. The summed E-state index contributed by atoms with van der Waals surface area (Å²) in [6.07, 6.45) is 0.921. The van der Waals surface area contributed by atoms with Crippen LogP contribution in [-0.2, 0) is 14.3 Å². The Kier molecular flexibility index (Phi) is 9.82. The van der Waals surface area contributed by atoms with Crippen molar-refractivity contribution in [3.63, 3.8) is 0 Å². The largest absolute Gasteiger partial charge is 0.480 e. The van der Waals surface area contributed by atoms with Crippen LogP contribution in [0.25, 0.3) is 0 Å². The van der Waals surface area contributed by atoms with Gasteiger partial charge in [-0.1, -0.05) is 0 Å². The van der Waals surface area contributed by atoms with Crippen LogP contribution in [0.5, 0.6) is 0 Å². The summed E-state index contributed by atoms with van der Waals surface area (Å²) >= 11 is 0. The van der Waals surface area contributed by atoms with Crippen molar-refractivity contribution >= 4 is 12.0 Å². The van der Waals surface area contributed by atoms with E-state index in [1.807, 2.05) is 6.92 Å². The van der Waals surface area contributed by atoms with Crippen LogP contribution in [-0.4, -0.2) is 68.6 Å². The van der Waals surface area contributed by atoms with Gasteiger partial charge in [0.2, 0.25) is 0 Å². The summed E-state index contributed by atoms with van der Waals surface area (Å²) in [6.45, 7) is 3.78. The Bertz CT molecular complexity index is 273. The fourth-order valence-corrected chi connectivity index (χ4v) is 1.40. The minimum atomic E-state index is -1.04. The molecule has 2 N–H and O–H groups in total. The third-order valence-corrected chi connectivity index (χ3v) is 2.56. The van der Waals surface area contributed by atoms with E-state index in [0.717, 1.165) is 0 Å². The minimum Gasteiger partial charge on any atom is -0.480 e. The summed E-state index contributed by atoms with van der Waals surface area (Å²) in [6, 6.07) is -1.30. The topological polar surface area (TPSA) is 88.1 Å². The number of carboxylic acid groups (broad SMARTS) is 1. The molecule has 7 nitrogen and oxygen atoms in total. The number of amides is 2. The Hall–Kier alpha value is -1.34. The van der Waals surface area contributed by atoms with Crippen LogP contribution in [0.1, 0.15) is 19.8 Å². The number of methoxy groups -OCH3 is 1. The molecule has 0 rings (SSSR count). The van der Waals surface area contributed by atoms with Crippen LogP contribution in [0.15, 0.2) is 0 Å². The first-order valence-electron chi connectivity index (χ1n) is 6.34. The van der Waals surface area contributed by atoms with Crippen LogP contribution < -0.4 is 5.32 Å². The molecule has 0 spiro atoms. The number of nitrogens with one attached hydrogen (secondary N) is 1. The van der Waals surface area contributed by atoms with Crippen LogP contribution in [0.2, 0.25) is 0 Å². The molecule has 0 aromatic rings. The summed E-state index contributed by atoms with van der Waals surface area (Å²) in [5.74, 6) is -1.04. The van der Waals surface area contributed by atoms with Gasteiger partial charge in [-0.2, -0.15) is 0 Å². The standard InChI is InChI=1S/C12H24N2O5/c1-4-19-9-7-14(2)12(17)13-10(11(15)16)6-5-8-18-3/h10H,4-9H2,1-3H3,(H,13,17)(H,15,16). The molecule has 0 aromatic carbocycles. The lowest BCUT2D eigenvalue weighted by Crippen LogP contribution is -2.47. The van der Waals surface area contributed by atoms with Crippen molar-refractivity contribution < 1.29 is 24.2 Å². The van der Waals surface area contributed by atoms with Crippen LogP contribution in [0.3, 0.4) is 0 Å². The number of carbonyl (C=O) groups excluding carboxylic acids is 1. The molecule has 0 radical (unpaired) electrons. The molecule has 0 bridgehead atoms. The van der Waals surface area contributed by atoms with Gasteiger partial charge < -0.3 is 24.8 Å². The average Bonchev–Trinajstić information content (AvgIpc) is 2.37. The zero-order chi connectivity index (χ0) is 14.7. The highest BCUT2D eigenvalue weighted by atomic mass is 16.5. The summed E-state index contributed by atoms with van der Waals surface area (Å²) in [4.78, 5) is 24.2. The van der Waals surface area contributed by atoms with Gasteiger partial charge in [0.05, 0.1) is 6.61 Å². The van der Waals surface area contributed by atoms with Gasteiger partial charge in [-0.05, 0) is 19.8 Å². The second-order valence-corrected chi connectivity index (χ2v) is 4.09. The Morgan fingerprint density at radius 2 is 2.05 bits per heavy atom. The molecule has 0 saturated carbocycles. The molecule has 0 fully saturated rings. The van der Waals surface area contributed by atoms with Gasteiger partial charge >= 0.3 is 12.0 Å². The molecule has 0 heterocycles. The molecular weight excluding hydrogens is 252 g/mol. The monoisotopic (exact) mass is 276 g/mol. The van der Waals surface area contributed by atoms with Crippen molar-refractivity contribution in [1.82, 2.24) is 10.2 Å². The summed E-state index contributed by atoms with van der Waals surface area (Å²) in [7, 11) is 3.15. The maximum absolute atomic E-state index is 11.7.